The Morgan fingerprint density at radius 1 is 0.550 bits per heavy atom. The van der Waals surface area contributed by atoms with E-state index in [1.807, 2.05) is 54.6 Å². The van der Waals surface area contributed by atoms with E-state index in [1.54, 1.807) is 0 Å². The molecule has 7 aromatic rings. The number of fused-ring (bicyclic) bond motifs is 6. The predicted molar refractivity (Wildman–Crippen MR) is 163 cm³/mol. The number of nitrogens with zero attached hydrogens (tertiary/aromatic N) is 3. The molecule has 5 aromatic carbocycles. The van der Waals surface area contributed by atoms with Gasteiger partial charge < -0.3 is 4.74 Å². The van der Waals surface area contributed by atoms with E-state index in [2.05, 4.69) is 89.5 Å². The molecule has 0 aliphatic carbocycles. The fraction of sp³-hybridized carbons (Fsp3) is 0. The van der Waals surface area contributed by atoms with Gasteiger partial charge in [-0.05, 0) is 30.3 Å². The van der Waals surface area contributed by atoms with Gasteiger partial charge in [-0.25, -0.2) is 9.97 Å². The molecular formula is C36H23N3O. The van der Waals surface area contributed by atoms with Crippen LogP contribution in [0.4, 0.5) is 0 Å². The summed E-state index contributed by atoms with van der Waals surface area (Å²) in [4.78, 5) is 10.1. The Hall–Kier alpha value is -5.48. The van der Waals surface area contributed by atoms with Crippen molar-refractivity contribution in [2.24, 2.45) is 0 Å². The van der Waals surface area contributed by atoms with Crippen molar-refractivity contribution < 1.29 is 4.74 Å². The van der Waals surface area contributed by atoms with Gasteiger partial charge in [0.25, 0.3) is 0 Å². The van der Waals surface area contributed by atoms with Crippen LogP contribution in [0, 0.1) is 0 Å². The Morgan fingerprint density at radius 2 is 1.27 bits per heavy atom. The molecule has 8 rings (SSSR count). The van der Waals surface area contributed by atoms with E-state index < -0.39 is 0 Å². The molecule has 0 fully saturated rings. The number of aromatic nitrogens is 3. The molecule has 40 heavy (non-hydrogen) atoms. The summed E-state index contributed by atoms with van der Waals surface area (Å²) in [6.07, 6.45) is 4.31. The summed E-state index contributed by atoms with van der Waals surface area (Å²) in [7, 11) is 0. The Balaban J connectivity index is 1.43. The van der Waals surface area contributed by atoms with Crippen LogP contribution in [0.2, 0.25) is 0 Å². The van der Waals surface area contributed by atoms with Crippen molar-refractivity contribution >= 4 is 34.0 Å². The lowest BCUT2D eigenvalue weighted by Crippen LogP contribution is -2.02. The molecule has 1 aliphatic heterocycles. The van der Waals surface area contributed by atoms with Crippen LogP contribution in [-0.4, -0.2) is 14.5 Å². The molecule has 0 spiro atoms. The highest BCUT2D eigenvalue weighted by atomic mass is 16.5. The second-order valence-corrected chi connectivity index (χ2v) is 9.86. The topological polar surface area (TPSA) is 39.9 Å². The van der Waals surface area contributed by atoms with Crippen molar-refractivity contribution in [2.45, 2.75) is 0 Å². The Kier molecular flexibility index (Phi) is 5.10. The highest BCUT2D eigenvalue weighted by Crippen LogP contribution is 2.42. The van der Waals surface area contributed by atoms with Crippen molar-refractivity contribution in [3.63, 3.8) is 0 Å². The minimum atomic E-state index is 0.691. The summed E-state index contributed by atoms with van der Waals surface area (Å²) in [6.45, 7) is 0. The van der Waals surface area contributed by atoms with Gasteiger partial charge in [-0.15, -0.1) is 0 Å². The largest absolute Gasteiger partial charge is 0.456 e. The highest BCUT2D eigenvalue weighted by Gasteiger charge is 2.21. The molecule has 0 radical (unpaired) electrons. The van der Waals surface area contributed by atoms with Crippen molar-refractivity contribution in [3.05, 3.63) is 139 Å². The van der Waals surface area contributed by atoms with Crippen LogP contribution >= 0.6 is 0 Å². The van der Waals surface area contributed by atoms with E-state index >= 15 is 0 Å². The van der Waals surface area contributed by atoms with Gasteiger partial charge in [-0.3, -0.25) is 4.57 Å². The van der Waals surface area contributed by atoms with Gasteiger partial charge in [0.2, 0.25) is 0 Å². The van der Waals surface area contributed by atoms with Crippen molar-refractivity contribution in [3.8, 4) is 40.0 Å². The number of para-hydroxylation sites is 2. The maximum atomic E-state index is 6.43. The standard InChI is InChI=1S/C36H23N3O/c1-3-11-24(12-4-1)29-23-34(38-36(37-29)26-14-5-2-6-15-26)39-30-17-9-8-16-27(30)35-28-20-19-25-13-7-10-18-32(25)40-33(28)22-21-31(35)39/h1-23H. The Bertz CT molecular complexity index is 2020. The van der Waals surface area contributed by atoms with Crippen LogP contribution < -0.4 is 4.74 Å². The molecule has 0 unspecified atom stereocenters. The minimum Gasteiger partial charge on any atom is -0.456 e. The van der Waals surface area contributed by atoms with Gasteiger partial charge >= 0.3 is 0 Å². The molecule has 0 atom stereocenters. The van der Waals surface area contributed by atoms with E-state index in [1.165, 1.54) is 0 Å². The summed E-state index contributed by atoms with van der Waals surface area (Å²) in [5.74, 6) is 3.21. The second kappa shape index (κ2) is 9.07. The lowest BCUT2D eigenvalue weighted by atomic mass is 10.0. The normalized spacial score (nSPS) is 12.1. The van der Waals surface area contributed by atoms with Crippen LogP contribution in [0.15, 0.2) is 127 Å². The highest BCUT2D eigenvalue weighted by molar-refractivity contribution is 6.14. The quantitative estimate of drug-likeness (QED) is 0.236. The number of benzene rings is 5. The average molecular weight is 514 g/mol. The first-order chi connectivity index (χ1) is 19.8. The zero-order valence-electron chi connectivity index (χ0n) is 21.5. The number of rotatable bonds is 3. The first kappa shape index (κ1) is 22.5. The van der Waals surface area contributed by atoms with E-state index in [9.17, 15) is 0 Å². The Morgan fingerprint density at radius 3 is 2.12 bits per heavy atom. The summed E-state index contributed by atoms with van der Waals surface area (Å²) in [5, 5.41) is 2.29. The molecule has 0 N–H and O–H groups in total. The van der Waals surface area contributed by atoms with Gasteiger partial charge in [0.15, 0.2) is 5.82 Å². The van der Waals surface area contributed by atoms with Crippen LogP contribution in [0.3, 0.4) is 0 Å². The number of ether oxygens (including phenoxy) is 1. The van der Waals surface area contributed by atoms with Gasteiger partial charge in [0, 0.05) is 39.1 Å². The second-order valence-electron chi connectivity index (χ2n) is 9.86. The molecule has 0 amide bonds. The van der Waals surface area contributed by atoms with E-state index in [0.717, 1.165) is 67.1 Å². The summed E-state index contributed by atoms with van der Waals surface area (Å²) < 4.78 is 8.68. The van der Waals surface area contributed by atoms with Crippen LogP contribution in [0.1, 0.15) is 11.1 Å². The SMILES string of the molecule is C1=Cc2c(ccc3c2c2ccccc2n3-c2cc(-c3ccccc3)nc(-c3ccccc3)n2)Oc2ccccc21. The first-order valence-corrected chi connectivity index (χ1v) is 13.3. The summed E-state index contributed by atoms with van der Waals surface area (Å²) in [6, 6.07) is 43.4. The van der Waals surface area contributed by atoms with Gasteiger partial charge in [-0.1, -0.05) is 103 Å². The van der Waals surface area contributed by atoms with Gasteiger partial charge in [-0.2, -0.15) is 0 Å². The van der Waals surface area contributed by atoms with Crippen LogP contribution in [-0.2, 0) is 0 Å². The Labute approximate surface area is 231 Å². The lowest BCUT2D eigenvalue weighted by molar-refractivity contribution is 0.482. The molecule has 1 aliphatic rings. The predicted octanol–water partition coefficient (Wildman–Crippen LogP) is 9.18. The zero-order chi connectivity index (χ0) is 26.5. The molecule has 0 saturated heterocycles. The van der Waals surface area contributed by atoms with Crippen molar-refractivity contribution in [1.29, 1.82) is 0 Å². The third kappa shape index (κ3) is 3.62. The number of hydrogen-bond acceptors (Lipinski definition) is 3. The van der Waals surface area contributed by atoms with E-state index in [0.29, 0.717) is 5.82 Å². The molecule has 3 heterocycles. The smallest absolute Gasteiger partial charge is 0.162 e. The molecule has 0 saturated carbocycles. The molecule has 4 heteroatoms. The third-order valence-electron chi connectivity index (χ3n) is 7.45. The average Bonchev–Trinajstić information content (AvgIpc) is 3.24. The summed E-state index contributed by atoms with van der Waals surface area (Å²) >= 11 is 0. The third-order valence-corrected chi connectivity index (χ3v) is 7.45. The summed E-state index contributed by atoms with van der Waals surface area (Å²) in [5.41, 5.74) is 7.17. The maximum absolute atomic E-state index is 6.43. The van der Waals surface area contributed by atoms with Crippen molar-refractivity contribution in [1.82, 2.24) is 14.5 Å². The van der Waals surface area contributed by atoms with Crippen LogP contribution in [0.25, 0.3) is 62.4 Å². The molecule has 0 bridgehead atoms. The molecular weight excluding hydrogens is 490 g/mol. The fourth-order valence-electron chi connectivity index (χ4n) is 5.59. The van der Waals surface area contributed by atoms with Gasteiger partial charge in [0.1, 0.15) is 17.3 Å². The van der Waals surface area contributed by atoms with E-state index in [-0.39, 0.29) is 0 Å². The molecule has 4 nitrogen and oxygen atoms in total. The minimum absolute atomic E-state index is 0.691. The van der Waals surface area contributed by atoms with Crippen LogP contribution in [0.5, 0.6) is 11.5 Å². The lowest BCUT2D eigenvalue weighted by Gasteiger charge is -2.13. The van der Waals surface area contributed by atoms with Gasteiger partial charge in [0.05, 0.1) is 16.7 Å². The number of hydrogen-bond donors (Lipinski definition) is 0. The first-order valence-electron chi connectivity index (χ1n) is 13.3. The van der Waals surface area contributed by atoms with Crippen molar-refractivity contribution in [2.75, 3.05) is 0 Å². The monoisotopic (exact) mass is 513 g/mol. The zero-order valence-corrected chi connectivity index (χ0v) is 21.5. The molecule has 188 valence electrons. The van der Waals surface area contributed by atoms with E-state index in [4.69, 9.17) is 14.7 Å². The molecule has 2 aromatic heterocycles. The maximum Gasteiger partial charge on any atom is 0.162 e. The fourth-order valence-corrected chi connectivity index (χ4v) is 5.59.